The van der Waals surface area contributed by atoms with Crippen molar-refractivity contribution in [3.8, 4) is 0 Å². The molecule has 110 valence electrons. The maximum Gasteiger partial charge on any atom is 0.284 e. The van der Waals surface area contributed by atoms with E-state index in [-0.39, 0.29) is 16.8 Å². The van der Waals surface area contributed by atoms with Crippen LogP contribution >= 0.6 is 0 Å². The topological polar surface area (TPSA) is 98.3 Å². The number of nitrogens with one attached hydrogen (secondary N) is 1. The number of nitrogens with zero attached hydrogens (tertiary/aromatic N) is 2. The quantitative estimate of drug-likeness (QED) is 0.494. The SMILES string of the molecule is CCCCNc1ccc([N+](=O)[O-])c2c([N+](=O)[O-])cccc12. The molecule has 21 heavy (non-hydrogen) atoms. The third-order valence-electron chi connectivity index (χ3n) is 3.24. The number of unbranched alkanes of at least 4 members (excludes halogenated alkanes) is 1. The van der Waals surface area contributed by atoms with Crippen LogP contribution in [0.3, 0.4) is 0 Å². The van der Waals surface area contributed by atoms with Crippen LogP contribution in [0.5, 0.6) is 0 Å². The van der Waals surface area contributed by atoms with E-state index in [0.29, 0.717) is 17.6 Å². The molecule has 0 unspecified atom stereocenters. The number of benzene rings is 2. The van der Waals surface area contributed by atoms with Gasteiger partial charge in [-0.1, -0.05) is 25.5 Å². The normalized spacial score (nSPS) is 10.5. The maximum atomic E-state index is 11.1. The molecule has 0 saturated heterocycles. The first kappa shape index (κ1) is 14.7. The van der Waals surface area contributed by atoms with Gasteiger partial charge in [0.1, 0.15) is 5.39 Å². The Morgan fingerprint density at radius 1 is 1.05 bits per heavy atom. The Morgan fingerprint density at radius 3 is 2.33 bits per heavy atom. The molecule has 2 aromatic carbocycles. The van der Waals surface area contributed by atoms with Crippen molar-refractivity contribution >= 4 is 27.8 Å². The average molecular weight is 289 g/mol. The molecule has 0 aliphatic heterocycles. The molecule has 7 nitrogen and oxygen atoms in total. The molecular weight excluding hydrogens is 274 g/mol. The average Bonchev–Trinajstić information content (AvgIpc) is 2.46. The van der Waals surface area contributed by atoms with Crippen LogP contribution in [-0.2, 0) is 0 Å². The molecule has 0 aromatic heterocycles. The van der Waals surface area contributed by atoms with Crippen molar-refractivity contribution in [2.45, 2.75) is 19.8 Å². The van der Waals surface area contributed by atoms with Gasteiger partial charge in [-0.15, -0.1) is 0 Å². The molecule has 0 heterocycles. The molecule has 0 radical (unpaired) electrons. The molecule has 2 aromatic rings. The van der Waals surface area contributed by atoms with E-state index in [1.165, 1.54) is 18.2 Å². The first-order valence-corrected chi connectivity index (χ1v) is 6.64. The number of rotatable bonds is 6. The van der Waals surface area contributed by atoms with Crippen LogP contribution in [-0.4, -0.2) is 16.4 Å². The zero-order valence-corrected chi connectivity index (χ0v) is 11.5. The first-order valence-electron chi connectivity index (χ1n) is 6.64. The minimum atomic E-state index is -0.592. The molecule has 0 spiro atoms. The molecule has 0 bridgehead atoms. The highest BCUT2D eigenvalue weighted by molar-refractivity contribution is 6.05. The van der Waals surface area contributed by atoms with Crippen molar-refractivity contribution in [2.24, 2.45) is 0 Å². The molecule has 0 amide bonds. The molecule has 0 saturated carbocycles. The Balaban J connectivity index is 2.65. The van der Waals surface area contributed by atoms with E-state index in [0.717, 1.165) is 12.8 Å². The van der Waals surface area contributed by atoms with Crippen molar-refractivity contribution < 1.29 is 9.85 Å². The summed E-state index contributed by atoms with van der Waals surface area (Å²) < 4.78 is 0. The molecule has 7 heteroatoms. The lowest BCUT2D eigenvalue weighted by Crippen LogP contribution is -2.03. The van der Waals surface area contributed by atoms with Gasteiger partial charge in [0.25, 0.3) is 11.4 Å². The van der Waals surface area contributed by atoms with E-state index >= 15 is 0 Å². The number of anilines is 1. The van der Waals surface area contributed by atoms with Crippen LogP contribution < -0.4 is 5.32 Å². The molecule has 2 rings (SSSR count). The Bertz CT molecular complexity index is 680. The van der Waals surface area contributed by atoms with Gasteiger partial charge < -0.3 is 5.32 Å². The third kappa shape index (κ3) is 2.91. The predicted octanol–water partition coefficient (Wildman–Crippen LogP) is 3.87. The highest BCUT2D eigenvalue weighted by Crippen LogP contribution is 2.37. The monoisotopic (exact) mass is 289 g/mol. The molecule has 0 aliphatic rings. The Hall–Kier alpha value is -2.70. The lowest BCUT2D eigenvalue weighted by molar-refractivity contribution is -0.390. The highest BCUT2D eigenvalue weighted by atomic mass is 16.6. The van der Waals surface area contributed by atoms with Gasteiger partial charge in [0.05, 0.1) is 9.85 Å². The number of hydrogen-bond donors (Lipinski definition) is 1. The molecule has 0 atom stereocenters. The summed E-state index contributed by atoms with van der Waals surface area (Å²) in [5, 5.41) is 26.0. The second-order valence-corrected chi connectivity index (χ2v) is 4.63. The van der Waals surface area contributed by atoms with Crippen LogP contribution in [0, 0.1) is 20.2 Å². The van der Waals surface area contributed by atoms with Crippen molar-refractivity contribution in [3.05, 3.63) is 50.6 Å². The van der Waals surface area contributed by atoms with E-state index < -0.39 is 9.85 Å². The zero-order chi connectivity index (χ0) is 15.4. The first-order chi connectivity index (χ1) is 10.1. The van der Waals surface area contributed by atoms with Crippen molar-refractivity contribution in [3.63, 3.8) is 0 Å². The van der Waals surface area contributed by atoms with Crippen LogP contribution in [0.25, 0.3) is 10.8 Å². The van der Waals surface area contributed by atoms with Crippen molar-refractivity contribution in [1.29, 1.82) is 0 Å². The van der Waals surface area contributed by atoms with Gasteiger partial charge in [0.2, 0.25) is 0 Å². The standard InChI is InChI=1S/C14H15N3O4/c1-2-3-9-15-11-7-8-13(17(20)21)14-10(11)5-4-6-12(14)16(18)19/h4-8,15H,2-3,9H2,1H3. The lowest BCUT2D eigenvalue weighted by atomic mass is 10.0. The Morgan fingerprint density at radius 2 is 1.71 bits per heavy atom. The van der Waals surface area contributed by atoms with Gasteiger partial charge in [0, 0.05) is 29.8 Å². The number of hydrogen-bond acceptors (Lipinski definition) is 5. The summed E-state index contributed by atoms with van der Waals surface area (Å²) in [7, 11) is 0. The Kier molecular flexibility index (Phi) is 4.32. The van der Waals surface area contributed by atoms with E-state index in [1.807, 2.05) is 0 Å². The zero-order valence-electron chi connectivity index (χ0n) is 11.5. The molecular formula is C14H15N3O4. The van der Waals surface area contributed by atoms with Crippen LogP contribution in [0.2, 0.25) is 0 Å². The number of fused-ring (bicyclic) bond motifs is 1. The maximum absolute atomic E-state index is 11.1. The fourth-order valence-corrected chi connectivity index (χ4v) is 2.23. The number of non-ortho nitro benzene ring substituents is 2. The largest absolute Gasteiger partial charge is 0.385 e. The highest BCUT2D eigenvalue weighted by Gasteiger charge is 2.23. The summed E-state index contributed by atoms with van der Waals surface area (Å²) in [5.74, 6) is 0. The van der Waals surface area contributed by atoms with Gasteiger partial charge in [-0.05, 0) is 12.5 Å². The molecule has 0 fully saturated rings. The summed E-state index contributed by atoms with van der Waals surface area (Å²) in [6.07, 6.45) is 1.96. The summed E-state index contributed by atoms with van der Waals surface area (Å²) in [4.78, 5) is 21.1. The predicted molar refractivity (Wildman–Crippen MR) is 80.7 cm³/mol. The van der Waals surface area contributed by atoms with Gasteiger partial charge >= 0.3 is 0 Å². The van der Waals surface area contributed by atoms with E-state index in [4.69, 9.17) is 0 Å². The number of nitro benzene ring substituents is 2. The van der Waals surface area contributed by atoms with Crippen LogP contribution in [0.1, 0.15) is 19.8 Å². The summed E-state index contributed by atoms with van der Waals surface area (Å²) >= 11 is 0. The summed E-state index contributed by atoms with van der Waals surface area (Å²) in [5.41, 5.74) is 0.171. The van der Waals surface area contributed by atoms with E-state index in [2.05, 4.69) is 12.2 Å². The molecule has 0 aliphatic carbocycles. The lowest BCUT2D eigenvalue weighted by Gasteiger charge is -2.09. The smallest absolute Gasteiger partial charge is 0.284 e. The van der Waals surface area contributed by atoms with Crippen molar-refractivity contribution in [1.82, 2.24) is 0 Å². The summed E-state index contributed by atoms with van der Waals surface area (Å²) in [6, 6.07) is 7.38. The second-order valence-electron chi connectivity index (χ2n) is 4.63. The molecule has 1 N–H and O–H groups in total. The van der Waals surface area contributed by atoms with Gasteiger partial charge in [-0.3, -0.25) is 20.2 Å². The van der Waals surface area contributed by atoms with E-state index in [1.54, 1.807) is 12.1 Å². The summed E-state index contributed by atoms with van der Waals surface area (Å²) in [6.45, 7) is 2.77. The third-order valence-corrected chi connectivity index (χ3v) is 3.24. The minimum absolute atomic E-state index is 0.0639. The Labute approximate surface area is 120 Å². The van der Waals surface area contributed by atoms with Gasteiger partial charge in [-0.2, -0.15) is 0 Å². The minimum Gasteiger partial charge on any atom is -0.385 e. The van der Waals surface area contributed by atoms with Gasteiger partial charge in [-0.25, -0.2) is 0 Å². The van der Waals surface area contributed by atoms with E-state index in [9.17, 15) is 20.2 Å². The van der Waals surface area contributed by atoms with Gasteiger partial charge in [0.15, 0.2) is 0 Å². The second kappa shape index (κ2) is 6.17. The number of nitro groups is 2. The van der Waals surface area contributed by atoms with Crippen LogP contribution in [0.15, 0.2) is 30.3 Å². The fraction of sp³-hybridized carbons (Fsp3) is 0.286. The van der Waals surface area contributed by atoms with Crippen LogP contribution in [0.4, 0.5) is 17.1 Å². The fourth-order valence-electron chi connectivity index (χ4n) is 2.23. The van der Waals surface area contributed by atoms with Crippen molar-refractivity contribution in [2.75, 3.05) is 11.9 Å².